The first-order valence-electron chi connectivity index (χ1n) is 7.40. The van der Waals surface area contributed by atoms with Crippen LogP contribution in [0.3, 0.4) is 0 Å². The van der Waals surface area contributed by atoms with E-state index >= 15 is 0 Å². The Bertz CT molecular complexity index is 668. The molecule has 116 valence electrons. The summed E-state index contributed by atoms with van der Waals surface area (Å²) >= 11 is 6.28. The Hall–Kier alpha value is -1.61. The first-order chi connectivity index (χ1) is 10.6. The standard InChI is InChI=1S/C16H18ClN3O2/c1-4-22-16-14(19-20-8-7-12(21)15(16)20)10-5-6-11(18-3)13(17)9(10)2/h5-6,12,15-16,21H,4,7-8H2,1-2H3/t12-,15+,16-/m1/s1. The van der Waals surface area contributed by atoms with Crippen LogP contribution >= 0.6 is 11.6 Å². The monoisotopic (exact) mass is 319 g/mol. The van der Waals surface area contributed by atoms with Crippen LogP contribution in [0, 0.1) is 13.5 Å². The van der Waals surface area contributed by atoms with Gasteiger partial charge in [0.25, 0.3) is 0 Å². The van der Waals surface area contributed by atoms with E-state index < -0.39 is 6.10 Å². The van der Waals surface area contributed by atoms with Crippen molar-refractivity contribution in [2.75, 3.05) is 13.2 Å². The molecule has 2 aliphatic rings. The predicted molar refractivity (Wildman–Crippen MR) is 85.5 cm³/mol. The van der Waals surface area contributed by atoms with Crippen LogP contribution in [-0.4, -0.2) is 47.2 Å². The van der Waals surface area contributed by atoms with Crippen molar-refractivity contribution in [3.63, 3.8) is 0 Å². The average Bonchev–Trinajstić information content (AvgIpc) is 3.04. The number of benzene rings is 1. The van der Waals surface area contributed by atoms with Gasteiger partial charge in [-0.3, -0.25) is 5.01 Å². The zero-order valence-corrected chi connectivity index (χ0v) is 13.3. The lowest BCUT2D eigenvalue weighted by atomic mass is 9.95. The summed E-state index contributed by atoms with van der Waals surface area (Å²) in [7, 11) is 0. The van der Waals surface area contributed by atoms with Crippen LogP contribution in [0.25, 0.3) is 4.85 Å². The van der Waals surface area contributed by atoms with E-state index in [0.717, 1.165) is 23.4 Å². The Balaban J connectivity index is 2.04. The summed E-state index contributed by atoms with van der Waals surface area (Å²) in [6.45, 7) is 12.2. The minimum atomic E-state index is -0.434. The van der Waals surface area contributed by atoms with Gasteiger partial charge in [-0.25, -0.2) is 4.85 Å². The molecule has 1 aromatic carbocycles. The van der Waals surface area contributed by atoms with Crippen LogP contribution in [0.1, 0.15) is 24.5 Å². The number of ether oxygens (including phenoxy) is 1. The molecule has 1 fully saturated rings. The van der Waals surface area contributed by atoms with Crippen molar-refractivity contribution in [2.24, 2.45) is 5.10 Å². The Morgan fingerprint density at radius 2 is 2.32 bits per heavy atom. The quantitative estimate of drug-likeness (QED) is 0.872. The third kappa shape index (κ3) is 2.28. The molecule has 2 aliphatic heterocycles. The maximum absolute atomic E-state index is 10.2. The van der Waals surface area contributed by atoms with Gasteiger partial charge in [-0.2, -0.15) is 5.10 Å². The molecule has 3 rings (SSSR count). The summed E-state index contributed by atoms with van der Waals surface area (Å²) in [5.41, 5.74) is 2.95. The Morgan fingerprint density at radius 1 is 1.55 bits per heavy atom. The van der Waals surface area contributed by atoms with Crippen LogP contribution in [0.4, 0.5) is 5.69 Å². The number of rotatable bonds is 3. The second-order valence-corrected chi connectivity index (χ2v) is 5.93. The zero-order chi connectivity index (χ0) is 15.9. The third-order valence-electron chi connectivity index (χ3n) is 4.32. The van der Waals surface area contributed by atoms with Gasteiger partial charge in [0, 0.05) is 18.7 Å². The number of hydrogen-bond donors (Lipinski definition) is 1. The highest BCUT2D eigenvalue weighted by atomic mass is 35.5. The lowest BCUT2D eigenvalue weighted by Crippen LogP contribution is -2.42. The topological polar surface area (TPSA) is 49.4 Å². The third-order valence-corrected chi connectivity index (χ3v) is 4.79. The molecule has 1 aromatic rings. The van der Waals surface area contributed by atoms with Gasteiger partial charge in [0.1, 0.15) is 12.1 Å². The summed E-state index contributed by atoms with van der Waals surface area (Å²) in [4.78, 5) is 3.42. The SMILES string of the molecule is [C-]#[N+]c1ccc(C2=NN3CC[C@@H](O)[C@H]3[C@@H]2OCC)c(C)c1Cl. The van der Waals surface area contributed by atoms with Crippen molar-refractivity contribution in [3.8, 4) is 0 Å². The molecule has 0 aliphatic carbocycles. The number of aliphatic hydroxyl groups excluding tert-OH is 1. The first-order valence-corrected chi connectivity index (χ1v) is 7.78. The van der Waals surface area contributed by atoms with Gasteiger partial charge in [0.2, 0.25) is 5.69 Å². The highest BCUT2D eigenvalue weighted by molar-refractivity contribution is 6.34. The maximum atomic E-state index is 10.2. The normalized spacial score (nSPS) is 26.8. The molecule has 6 heteroatoms. The molecule has 0 saturated carbocycles. The zero-order valence-electron chi connectivity index (χ0n) is 12.6. The largest absolute Gasteiger partial charge is 0.391 e. The molecule has 5 nitrogen and oxygen atoms in total. The van der Waals surface area contributed by atoms with Crippen LogP contribution in [0.2, 0.25) is 5.02 Å². The maximum Gasteiger partial charge on any atom is 0.205 e. The molecule has 2 heterocycles. The van der Waals surface area contributed by atoms with Crippen LogP contribution in [-0.2, 0) is 4.74 Å². The molecule has 0 bridgehead atoms. The van der Waals surface area contributed by atoms with E-state index in [-0.39, 0.29) is 12.1 Å². The van der Waals surface area contributed by atoms with Crippen molar-refractivity contribution in [2.45, 2.75) is 38.5 Å². The molecule has 22 heavy (non-hydrogen) atoms. The van der Waals surface area contributed by atoms with Crippen LogP contribution in [0.15, 0.2) is 17.2 Å². The first kappa shape index (κ1) is 15.3. The summed E-state index contributed by atoms with van der Waals surface area (Å²) in [5.74, 6) is 0. The van der Waals surface area contributed by atoms with Gasteiger partial charge in [-0.1, -0.05) is 23.7 Å². The number of hydrogen-bond acceptors (Lipinski definition) is 4. The van der Waals surface area contributed by atoms with Crippen LogP contribution in [0.5, 0.6) is 0 Å². The molecule has 0 amide bonds. The minimum Gasteiger partial charge on any atom is -0.391 e. The molecule has 3 atom stereocenters. The fourth-order valence-corrected chi connectivity index (χ4v) is 3.42. The van der Waals surface area contributed by atoms with Crippen molar-refractivity contribution in [1.29, 1.82) is 0 Å². The van der Waals surface area contributed by atoms with Crippen molar-refractivity contribution in [1.82, 2.24) is 5.01 Å². The van der Waals surface area contributed by atoms with E-state index in [4.69, 9.17) is 22.9 Å². The number of aliphatic hydroxyl groups is 1. The fourth-order valence-electron chi connectivity index (χ4n) is 3.21. The number of fused-ring (bicyclic) bond motifs is 1. The molecule has 0 aromatic heterocycles. The minimum absolute atomic E-state index is 0.131. The van der Waals surface area contributed by atoms with E-state index in [1.54, 1.807) is 6.07 Å². The van der Waals surface area contributed by atoms with E-state index in [9.17, 15) is 5.11 Å². The van der Waals surface area contributed by atoms with E-state index in [2.05, 4.69) is 9.95 Å². The van der Waals surface area contributed by atoms with Gasteiger partial charge >= 0.3 is 0 Å². The molecular weight excluding hydrogens is 302 g/mol. The van der Waals surface area contributed by atoms with Crippen molar-refractivity contribution in [3.05, 3.63) is 39.7 Å². The summed E-state index contributed by atoms with van der Waals surface area (Å²) in [6.07, 6.45) is 0.00803. The van der Waals surface area contributed by atoms with E-state index in [0.29, 0.717) is 23.7 Å². The van der Waals surface area contributed by atoms with Gasteiger partial charge in [-0.05, 0) is 25.8 Å². The summed E-state index contributed by atoms with van der Waals surface area (Å²) in [6, 6.07) is 3.45. The molecular formula is C16H18ClN3O2. The second-order valence-electron chi connectivity index (χ2n) is 5.55. The van der Waals surface area contributed by atoms with Gasteiger partial charge in [-0.15, -0.1) is 0 Å². The van der Waals surface area contributed by atoms with Gasteiger partial charge in [0.15, 0.2) is 0 Å². The molecule has 1 saturated heterocycles. The van der Waals surface area contributed by atoms with Crippen molar-refractivity contribution < 1.29 is 9.84 Å². The Labute approximate surface area is 135 Å². The van der Waals surface area contributed by atoms with Gasteiger partial charge in [0.05, 0.1) is 23.4 Å². The van der Waals surface area contributed by atoms with Crippen molar-refractivity contribution >= 4 is 23.0 Å². The number of nitrogens with zero attached hydrogens (tertiary/aromatic N) is 3. The Kier molecular flexibility index (Phi) is 4.09. The smallest absolute Gasteiger partial charge is 0.205 e. The van der Waals surface area contributed by atoms with Gasteiger partial charge < -0.3 is 9.84 Å². The van der Waals surface area contributed by atoms with E-state index in [1.807, 2.05) is 24.9 Å². The molecule has 0 unspecified atom stereocenters. The fraction of sp³-hybridized carbons (Fsp3) is 0.500. The highest BCUT2D eigenvalue weighted by Crippen LogP contribution is 2.36. The average molecular weight is 320 g/mol. The molecule has 0 spiro atoms. The Morgan fingerprint density at radius 3 is 3.00 bits per heavy atom. The lowest BCUT2D eigenvalue weighted by Gasteiger charge is -2.24. The van der Waals surface area contributed by atoms with Crippen LogP contribution < -0.4 is 0 Å². The molecule has 0 radical (unpaired) electrons. The van der Waals surface area contributed by atoms with E-state index in [1.165, 1.54) is 0 Å². The number of hydrazone groups is 1. The molecule has 1 N–H and O–H groups in total. The lowest BCUT2D eigenvalue weighted by molar-refractivity contribution is 0.0203. The summed E-state index contributed by atoms with van der Waals surface area (Å²) in [5, 5.41) is 17.2. The summed E-state index contributed by atoms with van der Waals surface area (Å²) < 4.78 is 5.87. The second kappa shape index (κ2) is 5.88. The number of halogens is 1. The highest BCUT2D eigenvalue weighted by Gasteiger charge is 2.46. The predicted octanol–water partition coefficient (Wildman–Crippen LogP) is 2.76.